The van der Waals surface area contributed by atoms with Gasteiger partial charge < -0.3 is 9.47 Å². The first-order chi connectivity index (χ1) is 9.56. The molecule has 0 saturated heterocycles. The van der Waals surface area contributed by atoms with Crippen molar-refractivity contribution >= 4 is 33.9 Å². The number of hydrogen-bond donors (Lipinski definition) is 0. The zero-order valence-electron chi connectivity index (χ0n) is 11.1. The van der Waals surface area contributed by atoms with Crippen molar-refractivity contribution in [3.05, 3.63) is 34.3 Å². The van der Waals surface area contributed by atoms with Gasteiger partial charge in [-0.05, 0) is 38.1 Å². The minimum atomic E-state index is -0.652. The molecule has 0 saturated carbocycles. The lowest BCUT2D eigenvalue weighted by Gasteiger charge is -2.05. The molecular formula is C15H13BrO4. The van der Waals surface area contributed by atoms with Crippen molar-refractivity contribution < 1.29 is 19.1 Å². The van der Waals surface area contributed by atoms with Gasteiger partial charge in [0, 0.05) is 22.0 Å². The van der Waals surface area contributed by atoms with Crippen molar-refractivity contribution in [1.29, 1.82) is 0 Å². The highest BCUT2D eigenvalue weighted by Crippen LogP contribution is 2.24. The molecule has 1 aromatic carbocycles. The number of benzene rings is 1. The molecule has 0 aromatic heterocycles. The first kappa shape index (κ1) is 16.0. The maximum atomic E-state index is 11.4. The molecule has 0 fully saturated rings. The molecule has 0 aliphatic carbocycles. The molecule has 104 valence electrons. The summed E-state index contributed by atoms with van der Waals surface area (Å²) >= 11 is 3.31. The molecule has 5 heteroatoms. The van der Waals surface area contributed by atoms with E-state index in [4.69, 9.17) is 9.47 Å². The highest BCUT2D eigenvalue weighted by Gasteiger charge is 2.07. The van der Waals surface area contributed by atoms with Crippen LogP contribution < -0.4 is 4.74 Å². The van der Waals surface area contributed by atoms with Crippen LogP contribution in [-0.2, 0) is 14.3 Å². The van der Waals surface area contributed by atoms with Crippen molar-refractivity contribution in [2.75, 3.05) is 6.61 Å². The van der Waals surface area contributed by atoms with E-state index >= 15 is 0 Å². The standard InChI is InChI=1S/C15H13BrO4/c1-3-5-15(18)20-13-8-7-12(16)10-11(13)6-9-14(17)19-4-2/h6-10H,4H2,1-2H3. The topological polar surface area (TPSA) is 52.6 Å². The summed E-state index contributed by atoms with van der Waals surface area (Å²) in [7, 11) is 0. The third-order valence-corrected chi connectivity index (χ3v) is 2.58. The molecule has 0 atom stereocenters. The zero-order chi connectivity index (χ0) is 15.0. The summed E-state index contributed by atoms with van der Waals surface area (Å²) in [5, 5.41) is 0. The van der Waals surface area contributed by atoms with Crippen molar-refractivity contribution in [2.24, 2.45) is 0 Å². The van der Waals surface area contributed by atoms with Gasteiger partial charge in [-0.2, -0.15) is 0 Å². The minimum Gasteiger partial charge on any atom is -0.463 e. The van der Waals surface area contributed by atoms with Gasteiger partial charge in [0.05, 0.1) is 6.61 Å². The van der Waals surface area contributed by atoms with Crippen molar-refractivity contribution in [2.45, 2.75) is 13.8 Å². The van der Waals surface area contributed by atoms with Crippen LogP contribution in [-0.4, -0.2) is 18.5 Å². The number of carbonyl (C=O) groups is 2. The highest BCUT2D eigenvalue weighted by atomic mass is 79.9. The second-order valence-corrected chi connectivity index (χ2v) is 4.45. The second kappa shape index (κ2) is 8.18. The summed E-state index contributed by atoms with van der Waals surface area (Å²) in [6.45, 7) is 3.57. The fraction of sp³-hybridized carbons (Fsp3) is 0.200. The molecule has 0 aliphatic heterocycles. The molecule has 1 aromatic rings. The molecule has 0 aliphatic rings. The van der Waals surface area contributed by atoms with E-state index in [0.29, 0.717) is 17.9 Å². The smallest absolute Gasteiger partial charge is 0.389 e. The predicted octanol–water partition coefficient (Wildman–Crippen LogP) is 2.95. The Morgan fingerprint density at radius 1 is 1.40 bits per heavy atom. The van der Waals surface area contributed by atoms with E-state index in [-0.39, 0.29) is 0 Å². The largest absolute Gasteiger partial charge is 0.463 e. The second-order valence-electron chi connectivity index (χ2n) is 3.53. The summed E-state index contributed by atoms with van der Waals surface area (Å²) in [6.07, 6.45) is 2.79. The number of esters is 2. The molecule has 0 bridgehead atoms. The van der Waals surface area contributed by atoms with Gasteiger partial charge in [-0.1, -0.05) is 21.9 Å². The van der Waals surface area contributed by atoms with Crippen LogP contribution in [0.5, 0.6) is 5.75 Å². The molecule has 0 unspecified atom stereocenters. The molecule has 0 N–H and O–H groups in total. The number of ether oxygens (including phenoxy) is 2. The summed E-state index contributed by atoms with van der Waals surface area (Å²) in [5.74, 6) is 3.95. The Morgan fingerprint density at radius 3 is 2.80 bits per heavy atom. The monoisotopic (exact) mass is 336 g/mol. The fourth-order valence-corrected chi connectivity index (χ4v) is 1.70. The Kier molecular flexibility index (Phi) is 6.54. The Labute approximate surface area is 125 Å². The van der Waals surface area contributed by atoms with Gasteiger partial charge in [-0.15, -0.1) is 0 Å². The third-order valence-electron chi connectivity index (χ3n) is 2.09. The molecule has 0 radical (unpaired) electrons. The first-order valence-electron chi connectivity index (χ1n) is 5.85. The Balaban J connectivity index is 2.97. The lowest BCUT2D eigenvalue weighted by Crippen LogP contribution is -2.05. The van der Waals surface area contributed by atoms with Crippen molar-refractivity contribution in [3.63, 3.8) is 0 Å². The van der Waals surface area contributed by atoms with Gasteiger partial charge in [0.1, 0.15) is 5.75 Å². The molecule has 0 amide bonds. The molecular weight excluding hydrogens is 324 g/mol. The lowest BCUT2D eigenvalue weighted by molar-refractivity contribution is -0.137. The zero-order valence-corrected chi connectivity index (χ0v) is 12.7. The number of hydrogen-bond acceptors (Lipinski definition) is 4. The van der Waals surface area contributed by atoms with E-state index in [9.17, 15) is 9.59 Å². The summed E-state index contributed by atoms with van der Waals surface area (Å²) < 4.78 is 10.7. The van der Waals surface area contributed by atoms with E-state index in [1.807, 2.05) is 0 Å². The maximum Gasteiger partial charge on any atom is 0.389 e. The van der Waals surface area contributed by atoms with Gasteiger partial charge in [0.25, 0.3) is 0 Å². The van der Waals surface area contributed by atoms with Crippen LogP contribution in [0.3, 0.4) is 0 Å². The lowest BCUT2D eigenvalue weighted by atomic mass is 10.2. The maximum absolute atomic E-state index is 11.4. The van der Waals surface area contributed by atoms with E-state index < -0.39 is 11.9 Å². The van der Waals surface area contributed by atoms with Crippen LogP contribution >= 0.6 is 15.9 Å². The molecule has 20 heavy (non-hydrogen) atoms. The van der Waals surface area contributed by atoms with Gasteiger partial charge in [-0.3, -0.25) is 0 Å². The van der Waals surface area contributed by atoms with E-state index in [1.54, 1.807) is 32.0 Å². The first-order valence-corrected chi connectivity index (χ1v) is 6.65. The molecule has 0 heterocycles. The van der Waals surface area contributed by atoms with E-state index in [2.05, 4.69) is 27.8 Å². The molecule has 1 rings (SSSR count). The quantitative estimate of drug-likeness (QED) is 0.279. The number of rotatable bonds is 4. The number of carbonyl (C=O) groups excluding carboxylic acids is 2. The van der Waals surface area contributed by atoms with Gasteiger partial charge >= 0.3 is 11.9 Å². The average molecular weight is 337 g/mol. The van der Waals surface area contributed by atoms with Gasteiger partial charge in [0.2, 0.25) is 0 Å². The van der Waals surface area contributed by atoms with Crippen LogP contribution in [0.15, 0.2) is 28.7 Å². The highest BCUT2D eigenvalue weighted by molar-refractivity contribution is 9.10. The van der Waals surface area contributed by atoms with Crippen molar-refractivity contribution in [3.8, 4) is 17.6 Å². The van der Waals surface area contributed by atoms with Gasteiger partial charge in [-0.25, -0.2) is 9.59 Å². The van der Waals surface area contributed by atoms with E-state index in [1.165, 1.54) is 12.2 Å². The van der Waals surface area contributed by atoms with Crippen LogP contribution in [0.1, 0.15) is 19.4 Å². The Morgan fingerprint density at radius 2 is 2.15 bits per heavy atom. The summed E-state index contributed by atoms with van der Waals surface area (Å²) in [4.78, 5) is 22.7. The number of halogens is 1. The van der Waals surface area contributed by atoms with Crippen LogP contribution in [0.2, 0.25) is 0 Å². The molecule has 0 spiro atoms. The van der Waals surface area contributed by atoms with Crippen LogP contribution in [0.25, 0.3) is 6.08 Å². The SMILES string of the molecule is CC#CC(=O)Oc1ccc(Br)cc1C=CC(=O)OCC. The molecule has 4 nitrogen and oxygen atoms in total. The normalized spacial score (nSPS) is 9.75. The average Bonchev–Trinajstić information content (AvgIpc) is 2.39. The minimum absolute atomic E-state index is 0.301. The summed E-state index contributed by atoms with van der Waals surface area (Å²) in [5.41, 5.74) is 0.568. The summed E-state index contributed by atoms with van der Waals surface area (Å²) in [6, 6.07) is 5.06. The fourth-order valence-electron chi connectivity index (χ4n) is 1.32. The van der Waals surface area contributed by atoms with Gasteiger partial charge in [0.15, 0.2) is 0 Å². The van der Waals surface area contributed by atoms with Crippen LogP contribution in [0.4, 0.5) is 0 Å². The van der Waals surface area contributed by atoms with E-state index in [0.717, 1.165) is 4.47 Å². The van der Waals surface area contributed by atoms with Crippen LogP contribution in [0, 0.1) is 11.8 Å². The predicted molar refractivity (Wildman–Crippen MR) is 78.9 cm³/mol. The Hall–Kier alpha value is -2.06. The van der Waals surface area contributed by atoms with Crippen molar-refractivity contribution in [1.82, 2.24) is 0 Å². The third kappa shape index (κ3) is 5.29. The Bertz CT molecular complexity index is 594.